The van der Waals surface area contributed by atoms with Crippen LogP contribution in [0.4, 0.5) is 5.69 Å². The number of carbonyl (C=O) groups excluding carboxylic acids is 1. The van der Waals surface area contributed by atoms with Crippen molar-refractivity contribution in [1.82, 2.24) is 15.1 Å². The van der Waals surface area contributed by atoms with Crippen molar-refractivity contribution in [3.63, 3.8) is 0 Å². The van der Waals surface area contributed by atoms with Gasteiger partial charge in [-0.3, -0.25) is 19.6 Å². The highest BCUT2D eigenvalue weighted by molar-refractivity contribution is 6.35. The molecule has 8 heteroatoms. The predicted molar refractivity (Wildman–Crippen MR) is 77.4 cm³/mol. The molecule has 1 aromatic carbocycles. The number of hydrogen-bond acceptors (Lipinski definition) is 4. The lowest BCUT2D eigenvalue weighted by Crippen LogP contribution is -2.27. The van der Waals surface area contributed by atoms with Crippen molar-refractivity contribution in [3.8, 4) is 0 Å². The van der Waals surface area contributed by atoms with E-state index in [0.29, 0.717) is 13.1 Å². The maximum atomic E-state index is 12.0. The first-order valence-corrected chi connectivity index (χ1v) is 6.57. The second kappa shape index (κ2) is 6.36. The topological polar surface area (TPSA) is 90.1 Å². The number of nitrogens with one attached hydrogen (secondary N) is 1. The summed E-state index contributed by atoms with van der Waals surface area (Å²) in [5.74, 6) is -0.451. The smallest absolute Gasteiger partial charge is 0.288 e. The van der Waals surface area contributed by atoms with Crippen molar-refractivity contribution in [2.24, 2.45) is 0 Å². The highest BCUT2D eigenvalue weighted by atomic mass is 35.5. The van der Waals surface area contributed by atoms with Crippen LogP contribution in [0.1, 0.15) is 15.9 Å². The Morgan fingerprint density at radius 2 is 2.29 bits per heavy atom. The fraction of sp³-hybridized carbons (Fsp3) is 0.231. The summed E-state index contributed by atoms with van der Waals surface area (Å²) in [6.07, 6.45) is 3.58. The van der Waals surface area contributed by atoms with Crippen LogP contribution in [-0.2, 0) is 6.54 Å². The standard InChI is InChI=1S/C13H13ClN4O3/c1-9-7-16-17(8-9)6-5-15-13(19)10-3-2-4-11(12(10)14)18(20)21/h2-4,7-8H,5-6H2,1H3,(H,15,19). The molecule has 0 aliphatic rings. The lowest BCUT2D eigenvalue weighted by Gasteiger charge is -2.07. The molecule has 0 saturated carbocycles. The summed E-state index contributed by atoms with van der Waals surface area (Å²) in [6, 6.07) is 4.13. The molecule has 0 radical (unpaired) electrons. The summed E-state index contributed by atoms with van der Waals surface area (Å²) in [7, 11) is 0. The lowest BCUT2D eigenvalue weighted by atomic mass is 10.2. The highest BCUT2D eigenvalue weighted by Gasteiger charge is 2.19. The van der Waals surface area contributed by atoms with Gasteiger partial charge in [0.2, 0.25) is 0 Å². The van der Waals surface area contributed by atoms with E-state index >= 15 is 0 Å². The lowest BCUT2D eigenvalue weighted by molar-refractivity contribution is -0.384. The molecule has 1 amide bonds. The van der Waals surface area contributed by atoms with Gasteiger partial charge in [-0.1, -0.05) is 17.7 Å². The van der Waals surface area contributed by atoms with E-state index < -0.39 is 10.8 Å². The number of benzene rings is 1. The average Bonchev–Trinajstić information content (AvgIpc) is 2.84. The number of nitro groups is 1. The first-order chi connectivity index (χ1) is 9.99. The first kappa shape index (κ1) is 15.0. The zero-order valence-corrected chi connectivity index (χ0v) is 12.0. The number of rotatable bonds is 5. The van der Waals surface area contributed by atoms with Gasteiger partial charge in [0.05, 0.1) is 23.2 Å². The number of aromatic nitrogens is 2. The van der Waals surface area contributed by atoms with E-state index in [0.717, 1.165) is 5.56 Å². The Balaban J connectivity index is 2.00. The molecular weight excluding hydrogens is 296 g/mol. The van der Waals surface area contributed by atoms with Gasteiger partial charge in [-0.2, -0.15) is 5.10 Å². The molecule has 0 aliphatic carbocycles. The Kier molecular flexibility index (Phi) is 4.54. The van der Waals surface area contributed by atoms with Gasteiger partial charge in [0.15, 0.2) is 0 Å². The minimum atomic E-state index is -0.619. The Morgan fingerprint density at radius 1 is 1.52 bits per heavy atom. The molecule has 2 rings (SSSR count). The van der Waals surface area contributed by atoms with Crippen molar-refractivity contribution < 1.29 is 9.72 Å². The van der Waals surface area contributed by atoms with Crippen molar-refractivity contribution in [2.45, 2.75) is 13.5 Å². The van der Waals surface area contributed by atoms with Gasteiger partial charge in [0.25, 0.3) is 11.6 Å². The molecule has 1 heterocycles. The second-order valence-electron chi connectivity index (χ2n) is 4.43. The molecule has 1 N–H and O–H groups in total. The van der Waals surface area contributed by atoms with Crippen LogP contribution in [0.5, 0.6) is 0 Å². The maximum absolute atomic E-state index is 12.0. The Labute approximate surface area is 125 Å². The molecule has 7 nitrogen and oxygen atoms in total. The quantitative estimate of drug-likeness (QED) is 0.677. The van der Waals surface area contributed by atoms with E-state index in [9.17, 15) is 14.9 Å². The minimum absolute atomic E-state index is 0.0857. The second-order valence-corrected chi connectivity index (χ2v) is 4.81. The van der Waals surface area contributed by atoms with Crippen LogP contribution in [0.2, 0.25) is 5.02 Å². The number of nitrogens with zero attached hydrogens (tertiary/aromatic N) is 3. The number of aryl methyl sites for hydroxylation is 1. The van der Waals surface area contributed by atoms with Gasteiger partial charge >= 0.3 is 0 Å². The third-order valence-electron chi connectivity index (χ3n) is 2.81. The fourth-order valence-electron chi connectivity index (χ4n) is 1.80. The Hall–Kier alpha value is -2.41. The summed E-state index contributed by atoms with van der Waals surface area (Å²) >= 11 is 5.88. The molecule has 2 aromatic rings. The molecular formula is C13H13ClN4O3. The summed E-state index contributed by atoms with van der Waals surface area (Å²) < 4.78 is 1.70. The predicted octanol–water partition coefficient (Wildman–Crippen LogP) is 2.18. The van der Waals surface area contributed by atoms with Crippen molar-refractivity contribution in [2.75, 3.05) is 6.54 Å². The number of carbonyl (C=O) groups is 1. The third kappa shape index (κ3) is 3.57. The fourth-order valence-corrected chi connectivity index (χ4v) is 2.09. The van der Waals surface area contributed by atoms with E-state index in [2.05, 4.69) is 10.4 Å². The molecule has 0 saturated heterocycles. The molecule has 0 spiro atoms. The molecule has 0 bridgehead atoms. The van der Waals surface area contributed by atoms with Crippen molar-refractivity contribution >= 4 is 23.2 Å². The molecule has 1 aromatic heterocycles. The molecule has 0 aliphatic heterocycles. The molecule has 21 heavy (non-hydrogen) atoms. The van der Waals surface area contributed by atoms with E-state index in [4.69, 9.17) is 11.6 Å². The summed E-state index contributed by atoms with van der Waals surface area (Å²) in [5.41, 5.74) is 0.831. The Bertz CT molecular complexity index is 684. The summed E-state index contributed by atoms with van der Waals surface area (Å²) in [4.78, 5) is 22.1. The maximum Gasteiger partial charge on any atom is 0.288 e. The number of nitro benzene ring substituents is 1. The number of amides is 1. The van der Waals surface area contributed by atoms with Gasteiger partial charge in [0, 0.05) is 18.8 Å². The molecule has 0 fully saturated rings. The van der Waals surface area contributed by atoms with Gasteiger partial charge < -0.3 is 5.32 Å². The zero-order valence-electron chi connectivity index (χ0n) is 11.2. The minimum Gasteiger partial charge on any atom is -0.350 e. The largest absolute Gasteiger partial charge is 0.350 e. The van der Waals surface area contributed by atoms with Crippen LogP contribution in [0.25, 0.3) is 0 Å². The number of halogens is 1. The monoisotopic (exact) mass is 308 g/mol. The number of hydrogen-bond donors (Lipinski definition) is 1. The zero-order chi connectivity index (χ0) is 15.4. The Morgan fingerprint density at radius 3 is 2.90 bits per heavy atom. The van der Waals surface area contributed by atoms with Crippen LogP contribution < -0.4 is 5.32 Å². The van der Waals surface area contributed by atoms with E-state index in [1.165, 1.54) is 18.2 Å². The van der Waals surface area contributed by atoms with Crippen LogP contribution in [0.15, 0.2) is 30.6 Å². The van der Waals surface area contributed by atoms with E-state index in [1.54, 1.807) is 10.9 Å². The third-order valence-corrected chi connectivity index (χ3v) is 3.21. The average molecular weight is 309 g/mol. The first-order valence-electron chi connectivity index (χ1n) is 6.19. The van der Waals surface area contributed by atoms with Crippen LogP contribution in [-0.4, -0.2) is 27.2 Å². The van der Waals surface area contributed by atoms with Gasteiger partial charge in [-0.15, -0.1) is 0 Å². The highest BCUT2D eigenvalue weighted by Crippen LogP contribution is 2.27. The van der Waals surface area contributed by atoms with Crippen molar-refractivity contribution in [1.29, 1.82) is 0 Å². The molecule has 0 atom stereocenters. The molecule has 0 unspecified atom stereocenters. The van der Waals surface area contributed by atoms with Gasteiger partial charge in [-0.05, 0) is 18.6 Å². The van der Waals surface area contributed by atoms with E-state index in [-0.39, 0.29) is 16.3 Å². The van der Waals surface area contributed by atoms with Crippen LogP contribution >= 0.6 is 11.6 Å². The van der Waals surface area contributed by atoms with Gasteiger partial charge in [-0.25, -0.2) is 0 Å². The SMILES string of the molecule is Cc1cnn(CCNC(=O)c2cccc([N+](=O)[O-])c2Cl)c1. The van der Waals surface area contributed by atoms with Crippen LogP contribution in [0.3, 0.4) is 0 Å². The summed E-state index contributed by atoms with van der Waals surface area (Å²) in [6.45, 7) is 2.77. The molecule has 110 valence electrons. The normalized spacial score (nSPS) is 10.4. The van der Waals surface area contributed by atoms with Gasteiger partial charge in [0.1, 0.15) is 5.02 Å². The summed E-state index contributed by atoms with van der Waals surface area (Å²) in [5, 5.41) is 17.4. The van der Waals surface area contributed by atoms with Crippen LogP contribution in [0, 0.1) is 17.0 Å². The van der Waals surface area contributed by atoms with Crippen molar-refractivity contribution in [3.05, 3.63) is 56.9 Å². The van der Waals surface area contributed by atoms with E-state index in [1.807, 2.05) is 13.1 Å².